The third-order valence-electron chi connectivity index (χ3n) is 0. The maximum absolute atomic E-state index is 2.75. The Morgan fingerprint density at radius 1 is 1.20 bits per heavy atom. The van der Waals surface area contributed by atoms with E-state index in [1.807, 2.05) is 14.1 Å². The Balaban J connectivity index is -0.0000000200. The molecule has 0 atom stereocenters. The summed E-state index contributed by atoms with van der Waals surface area (Å²) in [6.07, 6.45) is 0. The molecule has 0 fully saturated rings. The molecular formula is C2H12ClNSi. The van der Waals surface area contributed by atoms with E-state index >= 15 is 0 Å². The van der Waals surface area contributed by atoms with Crippen LogP contribution in [0.4, 0.5) is 0 Å². The first-order valence-corrected chi connectivity index (χ1v) is 1.00. The first kappa shape index (κ1) is 17.9. The molecule has 0 aromatic heterocycles. The van der Waals surface area contributed by atoms with E-state index in [4.69, 9.17) is 0 Å². The van der Waals surface area contributed by atoms with Gasteiger partial charge in [0, 0.05) is 0 Å². The summed E-state index contributed by atoms with van der Waals surface area (Å²) >= 11 is 0. The summed E-state index contributed by atoms with van der Waals surface area (Å²) in [5.41, 5.74) is 0. The van der Waals surface area contributed by atoms with Crippen molar-refractivity contribution >= 4 is 23.4 Å². The molecule has 0 aliphatic heterocycles. The summed E-state index contributed by atoms with van der Waals surface area (Å²) < 4.78 is 0. The van der Waals surface area contributed by atoms with Gasteiger partial charge in [-0.05, 0) is 25.1 Å². The van der Waals surface area contributed by atoms with Gasteiger partial charge < -0.3 is 5.32 Å². The van der Waals surface area contributed by atoms with Gasteiger partial charge >= 0.3 is 0 Å². The standard InChI is InChI=1S/C2H7N.ClH.H4Si/c1-3-2;;/h3H,1-2H3;1H;1H4. The van der Waals surface area contributed by atoms with Crippen molar-refractivity contribution in [2.75, 3.05) is 14.1 Å². The molecule has 3 heteroatoms. The first-order chi connectivity index (χ1) is 1.41. The molecule has 0 aromatic carbocycles. The minimum atomic E-state index is 0. The van der Waals surface area contributed by atoms with Crippen molar-refractivity contribution in [3.05, 3.63) is 0 Å². The highest BCUT2D eigenvalue weighted by molar-refractivity contribution is 5.85. The van der Waals surface area contributed by atoms with Gasteiger partial charge in [0.2, 0.25) is 0 Å². The van der Waals surface area contributed by atoms with Crippen LogP contribution in [0.1, 0.15) is 0 Å². The van der Waals surface area contributed by atoms with E-state index in [1.54, 1.807) is 0 Å². The largest absolute Gasteiger partial charge is 0.323 e. The third-order valence-corrected chi connectivity index (χ3v) is 0. The fourth-order valence-electron chi connectivity index (χ4n) is 0. The molecule has 0 aliphatic carbocycles. The maximum atomic E-state index is 2.75. The molecule has 0 bridgehead atoms. The van der Waals surface area contributed by atoms with Crippen LogP contribution in [0.5, 0.6) is 0 Å². The van der Waals surface area contributed by atoms with E-state index in [0.29, 0.717) is 0 Å². The Hall–Kier alpha value is 0.467. The Morgan fingerprint density at radius 2 is 1.20 bits per heavy atom. The second kappa shape index (κ2) is 25.0. The molecule has 0 saturated carbocycles. The molecule has 0 spiro atoms. The van der Waals surface area contributed by atoms with Gasteiger partial charge in [0.05, 0.1) is 0 Å². The van der Waals surface area contributed by atoms with Gasteiger partial charge in [-0.1, -0.05) is 0 Å². The summed E-state index contributed by atoms with van der Waals surface area (Å²) in [4.78, 5) is 0. The van der Waals surface area contributed by atoms with Crippen LogP contribution in [-0.2, 0) is 0 Å². The van der Waals surface area contributed by atoms with E-state index in [-0.39, 0.29) is 23.4 Å². The van der Waals surface area contributed by atoms with Crippen molar-refractivity contribution < 1.29 is 0 Å². The van der Waals surface area contributed by atoms with Gasteiger partial charge in [-0.2, -0.15) is 0 Å². The summed E-state index contributed by atoms with van der Waals surface area (Å²) in [5, 5.41) is 2.75. The number of nitrogens with one attached hydrogen (secondary N) is 1. The van der Waals surface area contributed by atoms with Crippen molar-refractivity contribution in [3.8, 4) is 0 Å². The lowest BCUT2D eigenvalue weighted by Crippen LogP contribution is -1.89. The number of rotatable bonds is 0. The minimum absolute atomic E-state index is 0. The Morgan fingerprint density at radius 3 is 1.20 bits per heavy atom. The summed E-state index contributed by atoms with van der Waals surface area (Å²) in [6, 6.07) is 0. The summed E-state index contributed by atoms with van der Waals surface area (Å²) in [6.45, 7) is 0. The van der Waals surface area contributed by atoms with Crippen LogP contribution in [-0.4, -0.2) is 25.1 Å². The lowest BCUT2D eigenvalue weighted by Gasteiger charge is -1.59. The number of hydrogen-bond donors (Lipinski definition) is 1. The average Bonchev–Trinajstić information content (AvgIpc) is 0.918. The van der Waals surface area contributed by atoms with Gasteiger partial charge in [-0.15, -0.1) is 12.4 Å². The molecule has 0 amide bonds. The fraction of sp³-hybridized carbons (Fsp3) is 1.00. The second-order valence-corrected chi connectivity index (χ2v) is 0.500. The van der Waals surface area contributed by atoms with Gasteiger partial charge in [0.1, 0.15) is 0 Å². The highest BCUT2D eigenvalue weighted by Gasteiger charge is 1.25. The highest BCUT2D eigenvalue weighted by Crippen LogP contribution is 0.981. The first-order valence-electron chi connectivity index (χ1n) is 1.00. The maximum Gasteiger partial charge on any atom is -0.0149 e. The molecular weight excluding hydrogens is 102 g/mol. The number of hydrogen-bond acceptors (Lipinski definition) is 1. The fourth-order valence-corrected chi connectivity index (χ4v) is 0. The van der Waals surface area contributed by atoms with Crippen LogP contribution >= 0.6 is 12.4 Å². The summed E-state index contributed by atoms with van der Waals surface area (Å²) in [5.74, 6) is 0. The molecule has 0 aromatic rings. The van der Waals surface area contributed by atoms with Crippen LogP contribution in [0, 0.1) is 0 Å². The molecule has 36 valence electrons. The van der Waals surface area contributed by atoms with Crippen LogP contribution in [0.2, 0.25) is 0 Å². The average molecular weight is 114 g/mol. The quantitative estimate of drug-likeness (QED) is 0.390. The van der Waals surface area contributed by atoms with Crippen LogP contribution in [0.3, 0.4) is 0 Å². The van der Waals surface area contributed by atoms with Crippen LogP contribution in [0.15, 0.2) is 0 Å². The van der Waals surface area contributed by atoms with Crippen molar-refractivity contribution in [2.45, 2.75) is 0 Å². The topological polar surface area (TPSA) is 12.0 Å². The van der Waals surface area contributed by atoms with E-state index in [9.17, 15) is 0 Å². The zero-order valence-corrected chi connectivity index (χ0v) is 3.72. The number of halogens is 1. The van der Waals surface area contributed by atoms with E-state index in [1.165, 1.54) is 0 Å². The van der Waals surface area contributed by atoms with Gasteiger partial charge in [-0.3, -0.25) is 0 Å². The van der Waals surface area contributed by atoms with E-state index in [2.05, 4.69) is 5.32 Å². The summed E-state index contributed by atoms with van der Waals surface area (Å²) in [7, 11) is 3.75. The lowest BCUT2D eigenvalue weighted by molar-refractivity contribution is 1.02. The minimum Gasteiger partial charge on any atom is -0.323 e. The molecule has 0 saturated heterocycles. The Bertz CT molecular complexity index is 9.61. The molecule has 5 heavy (non-hydrogen) atoms. The van der Waals surface area contributed by atoms with Crippen LogP contribution in [0.25, 0.3) is 0 Å². The predicted octanol–water partition coefficient (Wildman–Crippen LogP) is -1.19. The van der Waals surface area contributed by atoms with Gasteiger partial charge in [0.15, 0.2) is 0 Å². The molecule has 1 N–H and O–H groups in total. The second-order valence-electron chi connectivity index (χ2n) is 0.500. The van der Waals surface area contributed by atoms with Crippen molar-refractivity contribution in [2.24, 2.45) is 0 Å². The van der Waals surface area contributed by atoms with Crippen molar-refractivity contribution in [1.82, 2.24) is 5.32 Å². The zero-order valence-electron chi connectivity index (χ0n) is 2.91. The molecule has 0 rings (SSSR count). The Labute approximate surface area is 43.6 Å². The third kappa shape index (κ3) is 125. The zero-order chi connectivity index (χ0) is 2.71. The van der Waals surface area contributed by atoms with Gasteiger partial charge in [0.25, 0.3) is 0 Å². The predicted molar refractivity (Wildman–Crippen MR) is 33.6 cm³/mol. The smallest absolute Gasteiger partial charge is 0.0149 e. The molecule has 0 heterocycles. The molecule has 1 nitrogen and oxygen atoms in total. The SMILES string of the molecule is CNC.Cl.[SiH4]. The normalized spacial score (nSPS) is 3.60. The lowest BCUT2D eigenvalue weighted by atomic mass is 11.3. The Kier molecular flexibility index (Phi) is 89.4. The monoisotopic (exact) mass is 113 g/mol. The van der Waals surface area contributed by atoms with E-state index < -0.39 is 0 Å². The van der Waals surface area contributed by atoms with Crippen molar-refractivity contribution in [1.29, 1.82) is 0 Å². The van der Waals surface area contributed by atoms with Crippen molar-refractivity contribution in [3.63, 3.8) is 0 Å². The van der Waals surface area contributed by atoms with E-state index in [0.717, 1.165) is 0 Å². The molecule has 0 aliphatic rings. The van der Waals surface area contributed by atoms with Gasteiger partial charge in [-0.25, -0.2) is 0 Å². The van der Waals surface area contributed by atoms with Crippen LogP contribution < -0.4 is 5.32 Å². The molecule has 0 unspecified atom stereocenters. The molecule has 0 radical (unpaired) electrons. The highest BCUT2D eigenvalue weighted by atomic mass is 35.5.